The molecule has 0 unspecified atom stereocenters. The zero-order valence-electron chi connectivity index (χ0n) is 15.7. The van der Waals surface area contributed by atoms with Gasteiger partial charge in [-0.05, 0) is 55.0 Å². The molecule has 0 heterocycles. The molecule has 0 aliphatic heterocycles. The standard InChI is InChI=1S/C19H15ClF2N2O5S2/c1-11-14(20)3-2-4-17(11)24-31(28,29)19-10-13(6-8-18(19)25)30(26,27)23-12-5-7-15(21)16(22)9-12/h2-10,23-25H,1H3. The van der Waals surface area contributed by atoms with Crippen molar-refractivity contribution in [2.45, 2.75) is 16.7 Å². The molecule has 3 N–H and O–H groups in total. The minimum absolute atomic E-state index is 0.139. The van der Waals surface area contributed by atoms with Crippen LogP contribution in [0.3, 0.4) is 0 Å². The van der Waals surface area contributed by atoms with Crippen LogP contribution >= 0.6 is 11.6 Å². The van der Waals surface area contributed by atoms with Crippen molar-refractivity contribution in [3.63, 3.8) is 0 Å². The van der Waals surface area contributed by atoms with Crippen molar-refractivity contribution in [1.82, 2.24) is 0 Å². The highest BCUT2D eigenvalue weighted by Gasteiger charge is 2.24. The summed E-state index contributed by atoms with van der Waals surface area (Å²) in [5.74, 6) is -3.13. The summed E-state index contributed by atoms with van der Waals surface area (Å²) in [6.07, 6.45) is 0. The molecule has 0 fully saturated rings. The molecule has 3 aromatic rings. The van der Waals surface area contributed by atoms with Gasteiger partial charge in [-0.1, -0.05) is 17.7 Å². The number of hydrogen-bond donors (Lipinski definition) is 3. The van der Waals surface area contributed by atoms with Gasteiger partial charge in [-0.3, -0.25) is 9.44 Å². The van der Waals surface area contributed by atoms with Gasteiger partial charge in [-0.2, -0.15) is 0 Å². The summed E-state index contributed by atoms with van der Waals surface area (Å²) in [6, 6.07) is 9.47. The van der Waals surface area contributed by atoms with Crippen LogP contribution in [0.2, 0.25) is 5.02 Å². The van der Waals surface area contributed by atoms with Gasteiger partial charge in [0.25, 0.3) is 20.0 Å². The number of rotatable bonds is 6. The zero-order chi connectivity index (χ0) is 23.0. The first-order valence-corrected chi connectivity index (χ1v) is 11.8. The lowest BCUT2D eigenvalue weighted by Gasteiger charge is -2.14. The Morgan fingerprint density at radius 3 is 2.26 bits per heavy atom. The molecular weight excluding hydrogens is 474 g/mol. The van der Waals surface area contributed by atoms with Gasteiger partial charge < -0.3 is 5.11 Å². The van der Waals surface area contributed by atoms with Crippen LogP contribution in [0.5, 0.6) is 5.75 Å². The number of hydrogen-bond acceptors (Lipinski definition) is 5. The molecule has 0 atom stereocenters. The Labute approximate surface area is 182 Å². The van der Waals surface area contributed by atoms with Crippen LogP contribution in [0.25, 0.3) is 0 Å². The lowest BCUT2D eigenvalue weighted by Crippen LogP contribution is -2.17. The third-order valence-corrected chi connectivity index (χ3v) is 7.40. The zero-order valence-corrected chi connectivity index (χ0v) is 18.1. The van der Waals surface area contributed by atoms with E-state index >= 15 is 0 Å². The smallest absolute Gasteiger partial charge is 0.265 e. The van der Waals surface area contributed by atoms with E-state index in [2.05, 4.69) is 4.72 Å². The summed E-state index contributed by atoms with van der Waals surface area (Å²) in [5.41, 5.74) is 0.292. The van der Waals surface area contributed by atoms with Crippen molar-refractivity contribution < 1.29 is 30.7 Å². The Bertz CT molecular complexity index is 1380. The Morgan fingerprint density at radius 2 is 1.58 bits per heavy atom. The van der Waals surface area contributed by atoms with E-state index in [0.717, 1.165) is 30.3 Å². The maximum Gasteiger partial charge on any atom is 0.265 e. The number of sulfonamides is 2. The molecule has 7 nitrogen and oxygen atoms in total. The molecule has 0 radical (unpaired) electrons. The van der Waals surface area contributed by atoms with E-state index in [0.29, 0.717) is 16.7 Å². The largest absolute Gasteiger partial charge is 0.507 e. The number of phenolic OH excluding ortho intramolecular Hbond substituents is 1. The second-order valence-electron chi connectivity index (χ2n) is 6.38. The molecule has 12 heteroatoms. The van der Waals surface area contributed by atoms with Gasteiger partial charge in [0.15, 0.2) is 11.6 Å². The second kappa shape index (κ2) is 8.33. The van der Waals surface area contributed by atoms with Crippen molar-refractivity contribution in [2.75, 3.05) is 9.44 Å². The molecule has 0 bridgehead atoms. The molecule has 0 aliphatic rings. The Morgan fingerprint density at radius 1 is 0.871 bits per heavy atom. The molecule has 0 aliphatic carbocycles. The normalized spacial score (nSPS) is 11.9. The molecular formula is C19H15ClF2N2O5S2. The molecule has 3 aromatic carbocycles. The van der Waals surface area contributed by atoms with Crippen molar-refractivity contribution >= 4 is 43.0 Å². The third-order valence-electron chi connectivity index (χ3n) is 4.21. The summed E-state index contributed by atoms with van der Waals surface area (Å²) < 4.78 is 81.5. The number of nitrogens with one attached hydrogen (secondary N) is 2. The SMILES string of the molecule is Cc1c(Cl)cccc1NS(=O)(=O)c1cc(S(=O)(=O)Nc2ccc(F)c(F)c2)ccc1O. The Hall–Kier alpha value is -2.89. The van der Waals surface area contributed by atoms with Crippen LogP contribution in [0.1, 0.15) is 5.56 Å². The summed E-state index contributed by atoms with van der Waals surface area (Å²) in [6.45, 7) is 1.58. The topological polar surface area (TPSA) is 113 Å². The van der Waals surface area contributed by atoms with E-state index in [1.54, 1.807) is 13.0 Å². The number of aromatic hydroxyl groups is 1. The van der Waals surface area contributed by atoms with E-state index in [1.165, 1.54) is 12.1 Å². The van der Waals surface area contributed by atoms with Gasteiger partial charge in [0.2, 0.25) is 0 Å². The van der Waals surface area contributed by atoms with Crippen molar-refractivity contribution in [1.29, 1.82) is 0 Å². The molecule has 0 saturated carbocycles. The van der Waals surface area contributed by atoms with E-state index < -0.39 is 47.2 Å². The van der Waals surface area contributed by atoms with Crippen LogP contribution in [0, 0.1) is 18.6 Å². The maximum absolute atomic E-state index is 13.4. The highest BCUT2D eigenvalue weighted by Crippen LogP contribution is 2.31. The number of halogens is 3. The van der Waals surface area contributed by atoms with E-state index in [4.69, 9.17) is 11.6 Å². The molecule has 0 spiro atoms. The molecule has 3 rings (SSSR count). The van der Waals surface area contributed by atoms with E-state index in [1.807, 2.05) is 4.72 Å². The molecule has 0 amide bonds. The summed E-state index contributed by atoms with van der Waals surface area (Å²) in [4.78, 5) is -1.24. The van der Waals surface area contributed by atoms with Gasteiger partial charge >= 0.3 is 0 Å². The first-order chi connectivity index (χ1) is 14.4. The van der Waals surface area contributed by atoms with Crippen LogP contribution < -0.4 is 9.44 Å². The van der Waals surface area contributed by atoms with Gasteiger partial charge in [0.1, 0.15) is 10.6 Å². The van der Waals surface area contributed by atoms with E-state index in [-0.39, 0.29) is 11.4 Å². The van der Waals surface area contributed by atoms with Crippen LogP contribution in [-0.4, -0.2) is 21.9 Å². The minimum Gasteiger partial charge on any atom is -0.507 e. The van der Waals surface area contributed by atoms with Crippen molar-refractivity contribution in [3.05, 3.63) is 76.8 Å². The van der Waals surface area contributed by atoms with Crippen molar-refractivity contribution in [2.24, 2.45) is 0 Å². The maximum atomic E-state index is 13.4. The summed E-state index contributed by atoms with van der Waals surface area (Å²) in [5, 5.41) is 10.3. The van der Waals surface area contributed by atoms with Crippen molar-refractivity contribution in [3.8, 4) is 5.75 Å². The van der Waals surface area contributed by atoms with Crippen LogP contribution in [0.15, 0.2) is 64.4 Å². The Balaban J connectivity index is 1.98. The van der Waals surface area contributed by atoms with Crippen LogP contribution in [-0.2, 0) is 20.0 Å². The fourth-order valence-electron chi connectivity index (χ4n) is 2.57. The number of benzene rings is 3. The highest BCUT2D eigenvalue weighted by molar-refractivity contribution is 7.93. The predicted molar refractivity (Wildman–Crippen MR) is 112 cm³/mol. The first-order valence-electron chi connectivity index (χ1n) is 8.49. The average Bonchev–Trinajstić information content (AvgIpc) is 2.68. The molecule has 0 saturated heterocycles. The van der Waals surface area contributed by atoms with Gasteiger partial charge in [0.05, 0.1) is 16.3 Å². The fraction of sp³-hybridized carbons (Fsp3) is 0.0526. The quantitative estimate of drug-likeness (QED) is 0.480. The lowest BCUT2D eigenvalue weighted by molar-refractivity contribution is 0.458. The predicted octanol–water partition coefficient (Wildman–Crippen LogP) is 4.23. The lowest BCUT2D eigenvalue weighted by atomic mass is 10.2. The fourth-order valence-corrected chi connectivity index (χ4v) is 5.14. The summed E-state index contributed by atoms with van der Waals surface area (Å²) >= 11 is 5.98. The second-order valence-corrected chi connectivity index (χ2v) is 10.1. The average molecular weight is 489 g/mol. The van der Waals surface area contributed by atoms with Gasteiger partial charge in [-0.25, -0.2) is 25.6 Å². The van der Waals surface area contributed by atoms with E-state index in [9.17, 15) is 30.7 Å². The number of phenols is 1. The first kappa shape index (κ1) is 22.8. The van der Waals surface area contributed by atoms with Crippen LogP contribution in [0.4, 0.5) is 20.2 Å². The monoisotopic (exact) mass is 488 g/mol. The molecule has 0 aromatic heterocycles. The minimum atomic E-state index is -4.41. The third kappa shape index (κ3) is 4.89. The molecule has 164 valence electrons. The Kier molecular flexibility index (Phi) is 6.12. The van der Waals surface area contributed by atoms with Gasteiger partial charge in [0, 0.05) is 11.1 Å². The van der Waals surface area contributed by atoms with Gasteiger partial charge in [-0.15, -0.1) is 0 Å². The highest BCUT2D eigenvalue weighted by atomic mass is 35.5. The number of anilines is 2. The molecule has 31 heavy (non-hydrogen) atoms. The summed E-state index contributed by atoms with van der Waals surface area (Å²) in [7, 11) is -8.81.